The third-order valence-electron chi connectivity index (χ3n) is 2.54. The lowest BCUT2D eigenvalue weighted by Crippen LogP contribution is -2.23. The summed E-state index contributed by atoms with van der Waals surface area (Å²) in [5.41, 5.74) is 5.94. The molecule has 0 bridgehead atoms. The van der Waals surface area contributed by atoms with Crippen LogP contribution in [0.5, 0.6) is 5.75 Å². The Morgan fingerprint density at radius 2 is 2.32 bits per heavy atom. The molecule has 0 unspecified atom stereocenters. The van der Waals surface area contributed by atoms with Crippen LogP contribution < -0.4 is 16.0 Å². The van der Waals surface area contributed by atoms with Crippen molar-refractivity contribution >= 4 is 0 Å². The maximum Gasteiger partial charge on any atom is 0.270 e. The molecule has 19 heavy (non-hydrogen) atoms. The number of hydrogen-bond acceptors (Lipinski definition) is 5. The first-order valence-electron chi connectivity index (χ1n) is 6.07. The molecule has 0 radical (unpaired) electrons. The van der Waals surface area contributed by atoms with E-state index in [0.29, 0.717) is 25.4 Å². The van der Waals surface area contributed by atoms with Gasteiger partial charge in [-0.15, -0.1) is 0 Å². The molecule has 0 saturated heterocycles. The molecule has 0 atom stereocenters. The molecule has 2 aromatic heterocycles. The quantitative estimate of drug-likeness (QED) is 0.726. The van der Waals surface area contributed by atoms with Gasteiger partial charge in [0.25, 0.3) is 5.56 Å². The molecular formula is C12H17N5O2. The first-order valence-corrected chi connectivity index (χ1v) is 6.07. The molecule has 0 aromatic carbocycles. The average Bonchev–Trinajstić information content (AvgIpc) is 2.79. The van der Waals surface area contributed by atoms with Gasteiger partial charge in [0.2, 0.25) is 0 Å². The van der Waals surface area contributed by atoms with E-state index in [0.717, 1.165) is 12.1 Å². The SMILES string of the molecule is Cn1ccc(Cn2ncc(OCCCN)cc2=O)n1. The molecule has 0 aliphatic carbocycles. The summed E-state index contributed by atoms with van der Waals surface area (Å²) in [6.07, 6.45) is 4.10. The zero-order chi connectivity index (χ0) is 13.7. The largest absolute Gasteiger partial charge is 0.492 e. The number of nitrogens with zero attached hydrogens (tertiary/aromatic N) is 4. The summed E-state index contributed by atoms with van der Waals surface area (Å²) in [4.78, 5) is 11.8. The molecular weight excluding hydrogens is 246 g/mol. The van der Waals surface area contributed by atoms with Crippen LogP contribution in [0.4, 0.5) is 0 Å². The molecule has 0 spiro atoms. The first-order chi connectivity index (χ1) is 9.19. The van der Waals surface area contributed by atoms with Crippen molar-refractivity contribution in [3.8, 4) is 5.75 Å². The second-order valence-electron chi connectivity index (χ2n) is 4.16. The van der Waals surface area contributed by atoms with Gasteiger partial charge in [-0.2, -0.15) is 10.2 Å². The summed E-state index contributed by atoms with van der Waals surface area (Å²) < 4.78 is 8.39. The zero-order valence-electron chi connectivity index (χ0n) is 10.8. The van der Waals surface area contributed by atoms with Crippen LogP contribution in [0.2, 0.25) is 0 Å². The van der Waals surface area contributed by atoms with Crippen molar-refractivity contribution in [2.45, 2.75) is 13.0 Å². The molecule has 2 N–H and O–H groups in total. The standard InChI is InChI=1S/C12H17N5O2/c1-16-5-3-10(15-16)9-17-12(18)7-11(8-14-17)19-6-2-4-13/h3,5,7-8H,2,4,6,9,13H2,1H3. The van der Waals surface area contributed by atoms with Crippen LogP contribution in [0, 0.1) is 0 Å². The van der Waals surface area contributed by atoms with Gasteiger partial charge in [-0.05, 0) is 19.0 Å². The van der Waals surface area contributed by atoms with E-state index in [4.69, 9.17) is 10.5 Å². The lowest BCUT2D eigenvalue weighted by atomic mass is 10.4. The Bertz CT molecular complexity index is 590. The monoisotopic (exact) mass is 263 g/mol. The van der Waals surface area contributed by atoms with Crippen molar-refractivity contribution in [1.29, 1.82) is 0 Å². The molecule has 102 valence electrons. The van der Waals surface area contributed by atoms with Crippen LogP contribution in [0.15, 0.2) is 29.3 Å². The van der Waals surface area contributed by atoms with Gasteiger partial charge in [0.05, 0.1) is 25.0 Å². The number of nitrogens with two attached hydrogens (primary N) is 1. The molecule has 2 rings (SSSR count). The molecule has 0 saturated carbocycles. The highest BCUT2D eigenvalue weighted by Crippen LogP contribution is 2.04. The van der Waals surface area contributed by atoms with Crippen LogP contribution in [0.3, 0.4) is 0 Å². The average molecular weight is 263 g/mol. The molecule has 2 aromatic rings. The third kappa shape index (κ3) is 3.65. The number of aryl methyl sites for hydroxylation is 1. The highest BCUT2D eigenvalue weighted by atomic mass is 16.5. The van der Waals surface area contributed by atoms with Gasteiger partial charge in [0.1, 0.15) is 5.75 Å². The summed E-state index contributed by atoms with van der Waals surface area (Å²) >= 11 is 0. The van der Waals surface area contributed by atoms with Crippen LogP contribution in [-0.2, 0) is 13.6 Å². The molecule has 0 aliphatic heterocycles. The van der Waals surface area contributed by atoms with Crippen molar-refractivity contribution in [3.05, 3.63) is 40.6 Å². The van der Waals surface area contributed by atoms with E-state index < -0.39 is 0 Å². The van der Waals surface area contributed by atoms with Crippen molar-refractivity contribution in [3.63, 3.8) is 0 Å². The van der Waals surface area contributed by atoms with Gasteiger partial charge >= 0.3 is 0 Å². The maximum absolute atomic E-state index is 11.8. The minimum absolute atomic E-state index is 0.212. The van der Waals surface area contributed by atoms with Gasteiger partial charge < -0.3 is 10.5 Å². The van der Waals surface area contributed by atoms with Crippen molar-refractivity contribution < 1.29 is 4.74 Å². The Labute approximate surface area is 110 Å². The van der Waals surface area contributed by atoms with Gasteiger partial charge in [0.15, 0.2) is 0 Å². The fourth-order valence-electron chi connectivity index (χ4n) is 1.59. The lowest BCUT2D eigenvalue weighted by Gasteiger charge is -2.06. The molecule has 7 nitrogen and oxygen atoms in total. The number of aromatic nitrogens is 4. The van der Waals surface area contributed by atoms with E-state index in [2.05, 4.69) is 10.2 Å². The van der Waals surface area contributed by atoms with E-state index in [1.807, 2.05) is 19.3 Å². The Hall–Kier alpha value is -2.15. The number of hydrogen-bond donors (Lipinski definition) is 1. The zero-order valence-corrected chi connectivity index (χ0v) is 10.8. The Morgan fingerprint density at radius 1 is 1.47 bits per heavy atom. The van der Waals surface area contributed by atoms with E-state index in [1.54, 1.807) is 4.68 Å². The second-order valence-corrected chi connectivity index (χ2v) is 4.16. The summed E-state index contributed by atoms with van der Waals surface area (Å²) in [6.45, 7) is 1.40. The number of ether oxygens (including phenoxy) is 1. The van der Waals surface area contributed by atoms with E-state index >= 15 is 0 Å². The van der Waals surface area contributed by atoms with Crippen LogP contribution in [-0.4, -0.2) is 32.7 Å². The lowest BCUT2D eigenvalue weighted by molar-refractivity contribution is 0.309. The van der Waals surface area contributed by atoms with Crippen molar-refractivity contribution in [2.24, 2.45) is 12.8 Å². The van der Waals surface area contributed by atoms with E-state index in [-0.39, 0.29) is 5.56 Å². The second kappa shape index (κ2) is 6.14. The summed E-state index contributed by atoms with van der Waals surface area (Å²) in [7, 11) is 1.83. The predicted molar refractivity (Wildman–Crippen MR) is 70.0 cm³/mol. The highest BCUT2D eigenvalue weighted by molar-refractivity contribution is 5.14. The Balaban J connectivity index is 2.04. The topological polar surface area (TPSA) is 88.0 Å². The maximum atomic E-state index is 11.8. The van der Waals surface area contributed by atoms with Gasteiger partial charge in [-0.3, -0.25) is 9.48 Å². The van der Waals surface area contributed by atoms with Crippen molar-refractivity contribution in [2.75, 3.05) is 13.2 Å². The van der Waals surface area contributed by atoms with Crippen LogP contribution in [0.25, 0.3) is 0 Å². The van der Waals surface area contributed by atoms with Crippen molar-refractivity contribution in [1.82, 2.24) is 19.6 Å². The van der Waals surface area contributed by atoms with E-state index in [9.17, 15) is 4.79 Å². The van der Waals surface area contributed by atoms with Crippen LogP contribution >= 0.6 is 0 Å². The fraction of sp³-hybridized carbons (Fsp3) is 0.417. The first kappa shape index (κ1) is 13.3. The third-order valence-corrected chi connectivity index (χ3v) is 2.54. The molecule has 0 fully saturated rings. The molecule has 2 heterocycles. The minimum atomic E-state index is -0.212. The highest BCUT2D eigenvalue weighted by Gasteiger charge is 2.04. The molecule has 0 aliphatic rings. The predicted octanol–water partition coefficient (Wildman–Crippen LogP) is -0.247. The summed E-state index contributed by atoms with van der Waals surface area (Å²) in [5.74, 6) is 0.468. The molecule has 0 amide bonds. The van der Waals surface area contributed by atoms with Gasteiger partial charge in [-0.25, -0.2) is 4.68 Å². The number of rotatable bonds is 6. The van der Waals surface area contributed by atoms with Gasteiger partial charge in [-0.1, -0.05) is 0 Å². The Kier molecular flexibility index (Phi) is 4.30. The van der Waals surface area contributed by atoms with E-state index in [1.165, 1.54) is 16.9 Å². The molecule has 7 heteroatoms. The summed E-state index contributed by atoms with van der Waals surface area (Å²) in [5, 5.41) is 8.26. The summed E-state index contributed by atoms with van der Waals surface area (Å²) in [6, 6.07) is 3.27. The van der Waals surface area contributed by atoms with Crippen LogP contribution in [0.1, 0.15) is 12.1 Å². The fourth-order valence-corrected chi connectivity index (χ4v) is 1.59. The minimum Gasteiger partial charge on any atom is -0.492 e. The van der Waals surface area contributed by atoms with Gasteiger partial charge in [0, 0.05) is 19.3 Å². The smallest absolute Gasteiger partial charge is 0.270 e. The normalized spacial score (nSPS) is 10.6. The Morgan fingerprint density at radius 3 is 2.95 bits per heavy atom.